The first kappa shape index (κ1) is 15.5. The fraction of sp³-hybridized carbons (Fsp3) is 0.625. The quantitative estimate of drug-likeness (QED) is 0.864. The van der Waals surface area contributed by atoms with Gasteiger partial charge >= 0.3 is 0 Å². The third-order valence-electron chi connectivity index (χ3n) is 4.07. The molecule has 0 amide bonds. The summed E-state index contributed by atoms with van der Waals surface area (Å²) in [5.41, 5.74) is 2.66. The molecule has 0 spiro atoms. The van der Waals surface area contributed by atoms with Gasteiger partial charge in [0.15, 0.2) is 11.5 Å². The molecule has 3 rings (SSSR count). The van der Waals surface area contributed by atoms with Crippen molar-refractivity contribution in [2.24, 2.45) is 5.92 Å². The van der Waals surface area contributed by atoms with Crippen LogP contribution in [0.3, 0.4) is 0 Å². The highest BCUT2D eigenvalue weighted by molar-refractivity contribution is 9.10. The van der Waals surface area contributed by atoms with E-state index >= 15 is 0 Å². The Kier molecular flexibility index (Phi) is 4.71. The lowest BCUT2D eigenvalue weighted by molar-refractivity contribution is 0.167. The summed E-state index contributed by atoms with van der Waals surface area (Å²) < 4.78 is 12.9. The number of hydrogen-bond donors (Lipinski definition) is 1. The van der Waals surface area contributed by atoms with Crippen LogP contribution in [0.1, 0.15) is 37.9 Å². The minimum Gasteiger partial charge on any atom is -0.486 e. The molecule has 1 aromatic carbocycles. The molecule has 3 nitrogen and oxygen atoms in total. The van der Waals surface area contributed by atoms with Gasteiger partial charge in [0.2, 0.25) is 0 Å². The lowest BCUT2D eigenvalue weighted by atomic mass is 9.91. The van der Waals surface area contributed by atoms with Gasteiger partial charge < -0.3 is 14.8 Å². The highest BCUT2D eigenvalue weighted by Gasteiger charge is 2.37. The van der Waals surface area contributed by atoms with Gasteiger partial charge in [-0.3, -0.25) is 0 Å². The molecule has 0 fully saturated rings. The van der Waals surface area contributed by atoms with Crippen molar-refractivity contribution in [2.45, 2.75) is 37.8 Å². The van der Waals surface area contributed by atoms with Crippen molar-refractivity contribution >= 4 is 27.7 Å². The summed E-state index contributed by atoms with van der Waals surface area (Å²) in [6, 6.07) is 2.38. The van der Waals surface area contributed by atoms with Gasteiger partial charge in [-0.2, -0.15) is 11.8 Å². The monoisotopic (exact) mass is 371 g/mol. The minimum atomic E-state index is 0.316. The number of fused-ring (bicyclic) bond motifs is 3. The zero-order chi connectivity index (χ0) is 15.0. The molecular formula is C16H22BrNO2S. The number of thioether (sulfide) groups is 1. The molecule has 0 radical (unpaired) electrons. The van der Waals surface area contributed by atoms with Crippen LogP contribution >= 0.6 is 27.7 Å². The molecule has 5 heteroatoms. The average Bonchev–Trinajstić information content (AvgIpc) is 2.47. The molecule has 0 aliphatic carbocycles. The van der Waals surface area contributed by atoms with Gasteiger partial charge in [-0.1, -0.05) is 36.7 Å². The van der Waals surface area contributed by atoms with Crippen molar-refractivity contribution in [3.8, 4) is 11.5 Å². The van der Waals surface area contributed by atoms with E-state index < -0.39 is 0 Å². The zero-order valence-electron chi connectivity index (χ0n) is 12.7. The molecule has 2 unspecified atom stereocenters. The first-order valence-electron chi connectivity index (χ1n) is 7.59. The molecule has 1 aromatic rings. The van der Waals surface area contributed by atoms with E-state index in [1.54, 1.807) is 0 Å². The van der Waals surface area contributed by atoms with Crippen molar-refractivity contribution in [1.29, 1.82) is 0 Å². The van der Waals surface area contributed by atoms with E-state index in [2.05, 4.69) is 48.1 Å². The Morgan fingerprint density at radius 1 is 1.38 bits per heavy atom. The maximum atomic E-state index is 5.99. The molecule has 2 aliphatic heterocycles. The molecule has 0 saturated carbocycles. The van der Waals surface area contributed by atoms with Crippen LogP contribution in [0.5, 0.6) is 11.5 Å². The zero-order valence-corrected chi connectivity index (χ0v) is 15.1. The normalized spacial score (nSPS) is 24.0. The Bertz CT molecular complexity index is 535. The number of ether oxygens (including phenoxy) is 2. The summed E-state index contributed by atoms with van der Waals surface area (Å²) in [5, 5.41) is 4.23. The van der Waals surface area contributed by atoms with Crippen molar-refractivity contribution in [1.82, 2.24) is 5.32 Å². The molecule has 21 heavy (non-hydrogen) atoms. The summed E-state index contributed by atoms with van der Waals surface area (Å²) in [6.45, 7) is 8.99. The highest BCUT2D eigenvalue weighted by Crippen LogP contribution is 2.51. The SMILES string of the molecule is CCNC1c2c(c(Br)cc3c2OCCO3)CSC1C(C)C. The topological polar surface area (TPSA) is 30.5 Å². The Morgan fingerprint density at radius 2 is 2.14 bits per heavy atom. The van der Waals surface area contributed by atoms with Gasteiger partial charge in [0.1, 0.15) is 13.2 Å². The number of rotatable bonds is 3. The Labute approximate surface area is 139 Å². The van der Waals surface area contributed by atoms with Crippen LogP contribution in [0.25, 0.3) is 0 Å². The molecule has 0 aromatic heterocycles. The van der Waals surface area contributed by atoms with Crippen LogP contribution in [0.4, 0.5) is 0 Å². The van der Waals surface area contributed by atoms with Crippen molar-refractivity contribution < 1.29 is 9.47 Å². The molecule has 1 N–H and O–H groups in total. The second-order valence-electron chi connectivity index (χ2n) is 5.83. The number of hydrogen-bond acceptors (Lipinski definition) is 4. The summed E-state index contributed by atoms with van der Waals surface area (Å²) in [6.07, 6.45) is 0. The van der Waals surface area contributed by atoms with Gasteiger partial charge in [0.25, 0.3) is 0 Å². The molecule has 2 atom stereocenters. The largest absolute Gasteiger partial charge is 0.486 e. The van der Waals surface area contributed by atoms with Gasteiger partial charge in [0, 0.05) is 27.1 Å². The van der Waals surface area contributed by atoms with Gasteiger partial charge in [-0.25, -0.2) is 0 Å². The fourth-order valence-electron chi connectivity index (χ4n) is 3.15. The number of nitrogens with one attached hydrogen (secondary N) is 1. The van der Waals surface area contributed by atoms with E-state index in [0.29, 0.717) is 30.4 Å². The van der Waals surface area contributed by atoms with Gasteiger partial charge in [-0.05, 0) is 24.1 Å². The fourth-order valence-corrected chi connectivity index (χ4v) is 5.38. The predicted molar refractivity (Wildman–Crippen MR) is 91.5 cm³/mol. The van der Waals surface area contributed by atoms with Gasteiger partial charge in [-0.15, -0.1) is 0 Å². The maximum Gasteiger partial charge on any atom is 0.166 e. The van der Waals surface area contributed by atoms with Crippen molar-refractivity contribution in [2.75, 3.05) is 19.8 Å². The standard InChI is InChI=1S/C16H22BrNO2S/c1-4-18-14-13-10(8-21-16(14)9(2)3)11(17)7-12-15(13)20-6-5-19-12/h7,9,14,16,18H,4-6,8H2,1-3H3. The predicted octanol–water partition coefficient (Wildman–Crippen LogP) is 4.14. The first-order chi connectivity index (χ1) is 10.1. The van der Waals surface area contributed by atoms with Crippen LogP contribution < -0.4 is 14.8 Å². The summed E-state index contributed by atoms with van der Waals surface area (Å²) in [7, 11) is 0. The van der Waals surface area contributed by atoms with Crippen LogP contribution in [0, 0.1) is 5.92 Å². The summed E-state index contributed by atoms with van der Waals surface area (Å²) >= 11 is 5.76. The number of halogens is 1. The molecule has 2 heterocycles. The van der Waals surface area contributed by atoms with Crippen LogP contribution in [0.15, 0.2) is 10.5 Å². The molecule has 2 aliphatic rings. The lowest BCUT2D eigenvalue weighted by Gasteiger charge is -2.38. The highest BCUT2D eigenvalue weighted by atomic mass is 79.9. The second-order valence-corrected chi connectivity index (χ2v) is 7.85. The minimum absolute atomic E-state index is 0.316. The van der Waals surface area contributed by atoms with E-state index in [1.807, 2.05) is 11.8 Å². The molecule has 116 valence electrons. The van der Waals surface area contributed by atoms with E-state index in [0.717, 1.165) is 28.3 Å². The molecule has 0 saturated heterocycles. The summed E-state index contributed by atoms with van der Waals surface area (Å²) in [5.74, 6) is 3.48. The summed E-state index contributed by atoms with van der Waals surface area (Å²) in [4.78, 5) is 0. The maximum absolute atomic E-state index is 5.99. The van der Waals surface area contributed by atoms with Crippen molar-refractivity contribution in [3.05, 3.63) is 21.7 Å². The second kappa shape index (κ2) is 6.39. The Morgan fingerprint density at radius 3 is 2.86 bits per heavy atom. The molecule has 0 bridgehead atoms. The third-order valence-corrected chi connectivity index (χ3v) is 6.43. The molecular weight excluding hydrogens is 350 g/mol. The van der Waals surface area contributed by atoms with Crippen LogP contribution in [-0.2, 0) is 5.75 Å². The van der Waals surface area contributed by atoms with Gasteiger partial charge in [0.05, 0.1) is 0 Å². The Hall–Kier alpha value is -0.390. The number of benzene rings is 1. The van der Waals surface area contributed by atoms with E-state index in [9.17, 15) is 0 Å². The van der Waals surface area contributed by atoms with Crippen LogP contribution in [-0.4, -0.2) is 25.0 Å². The van der Waals surface area contributed by atoms with E-state index in [-0.39, 0.29) is 0 Å². The first-order valence-corrected chi connectivity index (χ1v) is 9.43. The third kappa shape index (κ3) is 2.80. The lowest BCUT2D eigenvalue weighted by Crippen LogP contribution is -2.37. The van der Waals surface area contributed by atoms with Crippen LogP contribution in [0.2, 0.25) is 0 Å². The average molecular weight is 372 g/mol. The Balaban J connectivity index is 2.13. The van der Waals surface area contributed by atoms with E-state index in [4.69, 9.17) is 9.47 Å². The van der Waals surface area contributed by atoms with E-state index in [1.165, 1.54) is 11.1 Å². The smallest absolute Gasteiger partial charge is 0.166 e. The van der Waals surface area contributed by atoms with Crippen molar-refractivity contribution in [3.63, 3.8) is 0 Å².